The Hall–Kier alpha value is -0.561. The van der Waals surface area contributed by atoms with Crippen LogP contribution in [0.3, 0.4) is 0 Å². The van der Waals surface area contributed by atoms with Gasteiger partial charge in [0.05, 0.1) is 0 Å². The van der Waals surface area contributed by atoms with Crippen molar-refractivity contribution in [3.63, 3.8) is 0 Å². The Morgan fingerprint density at radius 3 is 2.53 bits per heavy atom. The first kappa shape index (κ1) is 12.5. The van der Waals surface area contributed by atoms with Crippen LogP contribution in [-0.2, 0) is 0 Å². The van der Waals surface area contributed by atoms with Gasteiger partial charge in [0.25, 0.3) is 0 Å². The van der Waals surface area contributed by atoms with Crippen LogP contribution in [0.5, 0.6) is 0 Å². The summed E-state index contributed by atoms with van der Waals surface area (Å²) in [5.74, 6) is 2.27. The van der Waals surface area contributed by atoms with Crippen LogP contribution in [0.15, 0.2) is 29.8 Å². The first-order valence-corrected chi connectivity index (χ1v) is 7.72. The molecule has 0 aliphatic rings. The summed E-state index contributed by atoms with van der Waals surface area (Å²) in [6, 6.07) is 8.73. The number of benzene rings is 1. The molecule has 0 aromatic heterocycles. The molecule has 1 aromatic rings. The van der Waals surface area contributed by atoms with E-state index in [-0.39, 0.29) is 0 Å². The van der Waals surface area contributed by atoms with Crippen molar-refractivity contribution in [3.05, 3.63) is 35.4 Å². The molecule has 0 aliphatic heterocycles. The van der Waals surface area contributed by atoms with Crippen molar-refractivity contribution in [2.24, 2.45) is 0 Å². The predicted octanol–water partition coefficient (Wildman–Crippen LogP) is 2.08. The standard InChI is InChI=1S/C13H19NSe/c1-10(9-14-3)11(2)12-7-5-6-8-13(12)15-4/h5-8,14H,9H2,1-4H3/b11-10+. The first-order chi connectivity index (χ1) is 7.20. The van der Waals surface area contributed by atoms with Gasteiger partial charge in [0, 0.05) is 0 Å². The molecule has 0 heterocycles. The topological polar surface area (TPSA) is 12.0 Å². The van der Waals surface area contributed by atoms with E-state index in [4.69, 9.17) is 0 Å². The third-order valence-corrected chi connectivity index (χ3v) is 4.26. The van der Waals surface area contributed by atoms with E-state index < -0.39 is 0 Å². The monoisotopic (exact) mass is 269 g/mol. The van der Waals surface area contributed by atoms with Crippen LogP contribution in [0.2, 0.25) is 5.82 Å². The molecule has 0 unspecified atom stereocenters. The van der Waals surface area contributed by atoms with Crippen LogP contribution in [0.4, 0.5) is 0 Å². The molecule has 0 saturated heterocycles. The maximum atomic E-state index is 3.20. The van der Waals surface area contributed by atoms with Gasteiger partial charge in [-0.3, -0.25) is 0 Å². The number of hydrogen-bond acceptors (Lipinski definition) is 1. The summed E-state index contributed by atoms with van der Waals surface area (Å²) in [7, 11) is 1.99. The van der Waals surface area contributed by atoms with Crippen molar-refractivity contribution in [1.82, 2.24) is 5.32 Å². The van der Waals surface area contributed by atoms with Gasteiger partial charge in [0.15, 0.2) is 0 Å². The molecule has 1 N–H and O–H groups in total. The minimum absolute atomic E-state index is 0.567. The second kappa shape index (κ2) is 6.12. The maximum absolute atomic E-state index is 3.20. The summed E-state index contributed by atoms with van der Waals surface area (Å²) >= 11 is 0.567. The van der Waals surface area contributed by atoms with Crippen LogP contribution in [-0.4, -0.2) is 28.5 Å². The number of nitrogens with one attached hydrogen (secondary N) is 1. The molecular weight excluding hydrogens is 249 g/mol. The molecule has 0 fully saturated rings. The molecule has 2 heteroatoms. The van der Waals surface area contributed by atoms with Gasteiger partial charge >= 0.3 is 99.0 Å². The fourth-order valence-corrected chi connectivity index (χ4v) is 2.96. The Morgan fingerprint density at radius 1 is 1.27 bits per heavy atom. The van der Waals surface area contributed by atoms with Crippen molar-refractivity contribution in [2.75, 3.05) is 13.6 Å². The Bertz CT molecular complexity index is 355. The van der Waals surface area contributed by atoms with Crippen LogP contribution in [0.1, 0.15) is 19.4 Å². The van der Waals surface area contributed by atoms with Crippen molar-refractivity contribution < 1.29 is 0 Å². The first-order valence-electron chi connectivity index (χ1n) is 5.15. The number of likely N-dealkylation sites (N-methyl/N-ethyl adjacent to an activating group) is 1. The van der Waals surface area contributed by atoms with E-state index in [2.05, 4.69) is 49.3 Å². The van der Waals surface area contributed by atoms with Gasteiger partial charge in [-0.05, 0) is 0 Å². The van der Waals surface area contributed by atoms with Gasteiger partial charge in [0.2, 0.25) is 0 Å². The molecule has 15 heavy (non-hydrogen) atoms. The van der Waals surface area contributed by atoms with Gasteiger partial charge in [-0.25, -0.2) is 0 Å². The zero-order valence-corrected chi connectivity index (χ0v) is 11.6. The summed E-state index contributed by atoms with van der Waals surface area (Å²) in [5.41, 5.74) is 4.27. The number of allylic oxidation sites excluding steroid dienone is 1. The molecule has 1 rings (SSSR count). The minimum atomic E-state index is 0.567. The molecule has 0 amide bonds. The average molecular weight is 268 g/mol. The summed E-state index contributed by atoms with van der Waals surface area (Å²) in [5, 5.41) is 3.20. The van der Waals surface area contributed by atoms with E-state index in [1.165, 1.54) is 21.2 Å². The number of rotatable bonds is 4. The van der Waals surface area contributed by atoms with Crippen molar-refractivity contribution >= 4 is 25.0 Å². The zero-order chi connectivity index (χ0) is 11.3. The van der Waals surface area contributed by atoms with Gasteiger partial charge in [-0.15, -0.1) is 0 Å². The van der Waals surface area contributed by atoms with E-state index in [0.717, 1.165) is 6.54 Å². The Balaban J connectivity index is 3.09. The van der Waals surface area contributed by atoms with Crippen molar-refractivity contribution in [3.8, 4) is 0 Å². The Labute approximate surface area is 99.1 Å². The molecule has 0 radical (unpaired) electrons. The van der Waals surface area contributed by atoms with E-state index in [1.807, 2.05) is 7.05 Å². The van der Waals surface area contributed by atoms with E-state index in [0.29, 0.717) is 15.0 Å². The molecule has 0 spiro atoms. The third-order valence-electron chi connectivity index (χ3n) is 2.59. The van der Waals surface area contributed by atoms with Gasteiger partial charge in [0.1, 0.15) is 0 Å². The van der Waals surface area contributed by atoms with Gasteiger partial charge < -0.3 is 0 Å². The van der Waals surface area contributed by atoms with Crippen LogP contribution in [0, 0.1) is 0 Å². The molecule has 82 valence electrons. The fourth-order valence-electron chi connectivity index (χ4n) is 1.58. The predicted molar refractivity (Wildman–Crippen MR) is 69.9 cm³/mol. The number of hydrogen-bond donors (Lipinski definition) is 1. The Morgan fingerprint density at radius 2 is 1.93 bits per heavy atom. The normalized spacial score (nSPS) is 12.5. The summed E-state index contributed by atoms with van der Waals surface area (Å²) < 4.78 is 1.50. The van der Waals surface area contributed by atoms with E-state index in [9.17, 15) is 0 Å². The molecule has 0 atom stereocenters. The summed E-state index contributed by atoms with van der Waals surface area (Å²) in [4.78, 5) is 0. The van der Waals surface area contributed by atoms with E-state index in [1.54, 1.807) is 0 Å². The SMILES string of the molecule is CNC/C(C)=C(\C)c1ccccc1[Se]C. The molecular formula is C13H19NSe. The summed E-state index contributed by atoms with van der Waals surface area (Å²) in [6.07, 6.45) is 0. The van der Waals surface area contributed by atoms with Gasteiger partial charge in [-0.2, -0.15) is 0 Å². The molecule has 0 bridgehead atoms. The second-order valence-electron chi connectivity index (χ2n) is 3.64. The van der Waals surface area contributed by atoms with Crippen molar-refractivity contribution in [1.29, 1.82) is 0 Å². The molecule has 1 nitrogen and oxygen atoms in total. The zero-order valence-electron chi connectivity index (χ0n) is 9.92. The molecule has 1 aromatic carbocycles. The molecule has 0 aliphatic carbocycles. The van der Waals surface area contributed by atoms with Crippen LogP contribution >= 0.6 is 0 Å². The third kappa shape index (κ3) is 3.20. The Kier molecular flexibility index (Phi) is 5.10. The van der Waals surface area contributed by atoms with E-state index >= 15 is 0 Å². The fraction of sp³-hybridized carbons (Fsp3) is 0.385. The van der Waals surface area contributed by atoms with Crippen LogP contribution < -0.4 is 9.78 Å². The molecule has 0 saturated carbocycles. The summed E-state index contributed by atoms with van der Waals surface area (Å²) in [6.45, 7) is 5.39. The van der Waals surface area contributed by atoms with Crippen LogP contribution in [0.25, 0.3) is 5.57 Å². The average Bonchev–Trinajstić information content (AvgIpc) is 2.28. The van der Waals surface area contributed by atoms with Gasteiger partial charge in [-0.1, -0.05) is 0 Å². The quantitative estimate of drug-likeness (QED) is 0.824. The second-order valence-corrected chi connectivity index (χ2v) is 5.42. The van der Waals surface area contributed by atoms with Crippen molar-refractivity contribution in [2.45, 2.75) is 19.7 Å².